The van der Waals surface area contributed by atoms with E-state index in [-0.39, 0.29) is 31.1 Å². The van der Waals surface area contributed by atoms with Crippen LogP contribution in [0.3, 0.4) is 0 Å². The van der Waals surface area contributed by atoms with Crippen LogP contribution in [0.1, 0.15) is 406 Å². The van der Waals surface area contributed by atoms with Crippen molar-refractivity contribution in [1.82, 2.24) is 0 Å². The van der Waals surface area contributed by atoms with Crippen LogP contribution in [0, 0.1) is 0 Å². The highest BCUT2D eigenvalue weighted by atomic mass is 16.6. The third-order valence-electron chi connectivity index (χ3n) is 16.6. The first kappa shape index (κ1) is 78.6. The highest BCUT2D eigenvalue weighted by molar-refractivity contribution is 5.71. The number of rotatable bonds is 68. The van der Waals surface area contributed by atoms with Gasteiger partial charge in [-0.2, -0.15) is 0 Å². The van der Waals surface area contributed by atoms with Gasteiger partial charge in [0, 0.05) is 19.3 Å². The summed E-state index contributed by atoms with van der Waals surface area (Å²) < 4.78 is 17.0. The number of allylic oxidation sites excluding steroid dienone is 6. The predicted molar refractivity (Wildman–Crippen MR) is 353 cm³/mol. The van der Waals surface area contributed by atoms with Gasteiger partial charge in [0.05, 0.1) is 0 Å². The molecule has 0 bridgehead atoms. The normalized spacial score (nSPS) is 12.2. The molecule has 0 N–H and O–H groups in total. The van der Waals surface area contributed by atoms with Gasteiger partial charge in [0.1, 0.15) is 13.2 Å². The Kier molecular flexibility index (Phi) is 68.1. The Morgan fingerprint density at radius 3 is 0.617 bits per heavy atom. The number of hydrogen-bond donors (Lipinski definition) is 0. The summed E-state index contributed by atoms with van der Waals surface area (Å²) in [6.07, 6.45) is 87.7. The third-order valence-corrected chi connectivity index (χ3v) is 16.6. The molecule has 1 atom stereocenters. The fourth-order valence-electron chi connectivity index (χ4n) is 11.1. The average molecular weight is 1140 g/mol. The molecule has 476 valence electrons. The van der Waals surface area contributed by atoms with Gasteiger partial charge >= 0.3 is 17.9 Å². The van der Waals surface area contributed by atoms with Crippen molar-refractivity contribution in [2.45, 2.75) is 412 Å². The van der Waals surface area contributed by atoms with E-state index in [0.29, 0.717) is 19.3 Å². The van der Waals surface area contributed by atoms with Crippen LogP contribution in [0.15, 0.2) is 36.5 Å². The Morgan fingerprint density at radius 2 is 0.407 bits per heavy atom. The standard InChI is InChI=1S/C75H140O6/c1-4-7-10-13-16-19-22-25-28-30-31-32-33-34-35-36-37-38-39-40-41-42-43-44-45-46-48-50-53-56-59-62-65-68-74(77)80-71-72(70-79-73(76)67-64-61-58-55-52-49-27-24-21-18-15-12-9-6-3)81-75(78)69-66-63-60-57-54-51-47-29-26-23-20-17-14-11-8-5-2/h24,27,29-31,47,72H,4-23,25-26,28,32-46,48-71H2,1-3H3/b27-24-,31-30-,47-29-. The minimum absolute atomic E-state index is 0.0735. The summed E-state index contributed by atoms with van der Waals surface area (Å²) in [5, 5.41) is 0. The SMILES string of the molecule is CCCCCCC/C=C\CCCCCCCC(=O)OCC(COC(=O)CCCCCCCCCCCCCCCCCCCCCCC/C=C\CCCCCCCCCC)OC(=O)CCCCCCC/C=C\CCCCCCCCC. The average Bonchev–Trinajstić information content (AvgIpc) is 3.47. The Hall–Kier alpha value is -2.37. The molecule has 6 nitrogen and oxygen atoms in total. The summed E-state index contributed by atoms with van der Waals surface area (Å²) in [6.45, 7) is 6.68. The van der Waals surface area contributed by atoms with E-state index in [1.165, 1.54) is 295 Å². The lowest BCUT2D eigenvalue weighted by molar-refractivity contribution is -0.167. The zero-order valence-electron chi connectivity index (χ0n) is 54.8. The Bertz CT molecular complexity index is 1350. The van der Waals surface area contributed by atoms with E-state index < -0.39 is 6.10 Å². The second kappa shape index (κ2) is 70.1. The van der Waals surface area contributed by atoms with Gasteiger partial charge in [-0.25, -0.2) is 0 Å². The van der Waals surface area contributed by atoms with Crippen molar-refractivity contribution in [3.05, 3.63) is 36.5 Å². The maximum atomic E-state index is 12.9. The van der Waals surface area contributed by atoms with E-state index in [0.717, 1.165) is 70.6 Å². The number of esters is 3. The lowest BCUT2D eigenvalue weighted by Crippen LogP contribution is -2.30. The fraction of sp³-hybridized carbons (Fsp3) is 0.880. The third kappa shape index (κ3) is 68.3. The topological polar surface area (TPSA) is 78.9 Å². The number of hydrogen-bond acceptors (Lipinski definition) is 6. The molecule has 6 heteroatoms. The maximum absolute atomic E-state index is 12.9. The first-order valence-corrected chi connectivity index (χ1v) is 36.5. The highest BCUT2D eigenvalue weighted by Gasteiger charge is 2.19. The van der Waals surface area contributed by atoms with E-state index in [1.807, 2.05) is 0 Å². The molecule has 0 aliphatic rings. The summed E-state index contributed by atoms with van der Waals surface area (Å²) in [7, 11) is 0. The van der Waals surface area contributed by atoms with E-state index in [1.54, 1.807) is 0 Å². The van der Waals surface area contributed by atoms with Crippen LogP contribution in [0.2, 0.25) is 0 Å². The van der Waals surface area contributed by atoms with Gasteiger partial charge in [-0.3, -0.25) is 14.4 Å². The molecule has 0 fully saturated rings. The Morgan fingerprint density at radius 1 is 0.235 bits per heavy atom. The van der Waals surface area contributed by atoms with Crippen LogP contribution < -0.4 is 0 Å². The van der Waals surface area contributed by atoms with Gasteiger partial charge in [-0.1, -0.05) is 327 Å². The fourth-order valence-corrected chi connectivity index (χ4v) is 11.1. The first-order chi connectivity index (χ1) is 40.0. The molecule has 0 amide bonds. The smallest absolute Gasteiger partial charge is 0.306 e. The van der Waals surface area contributed by atoms with Crippen molar-refractivity contribution in [2.75, 3.05) is 13.2 Å². The minimum Gasteiger partial charge on any atom is -0.462 e. The molecule has 0 saturated carbocycles. The predicted octanol–water partition coefficient (Wildman–Crippen LogP) is 25.1. The van der Waals surface area contributed by atoms with Crippen molar-refractivity contribution in [2.24, 2.45) is 0 Å². The molecule has 0 radical (unpaired) electrons. The summed E-state index contributed by atoms with van der Waals surface area (Å²) in [5.74, 6) is -0.864. The van der Waals surface area contributed by atoms with E-state index in [4.69, 9.17) is 14.2 Å². The molecule has 81 heavy (non-hydrogen) atoms. The van der Waals surface area contributed by atoms with Gasteiger partial charge in [-0.15, -0.1) is 0 Å². The first-order valence-electron chi connectivity index (χ1n) is 36.5. The van der Waals surface area contributed by atoms with Gasteiger partial charge in [0.25, 0.3) is 0 Å². The molecule has 0 saturated heterocycles. The summed E-state index contributed by atoms with van der Waals surface area (Å²) in [5.41, 5.74) is 0. The van der Waals surface area contributed by atoms with Gasteiger partial charge in [0.2, 0.25) is 0 Å². The van der Waals surface area contributed by atoms with Crippen LogP contribution in [0.5, 0.6) is 0 Å². The van der Waals surface area contributed by atoms with Gasteiger partial charge in [0.15, 0.2) is 6.10 Å². The summed E-state index contributed by atoms with van der Waals surface area (Å²) in [6, 6.07) is 0. The molecule has 0 heterocycles. The molecule has 0 aliphatic heterocycles. The highest BCUT2D eigenvalue weighted by Crippen LogP contribution is 2.18. The van der Waals surface area contributed by atoms with Crippen LogP contribution in [-0.4, -0.2) is 37.2 Å². The molecule has 0 aromatic carbocycles. The van der Waals surface area contributed by atoms with Crippen LogP contribution in [0.25, 0.3) is 0 Å². The monoisotopic (exact) mass is 1140 g/mol. The zero-order valence-corrected chi connectivity index (χ0v) is 54.8. The van der Waals surface area contributed by atoms with Crippen LogP contribution >= 0.6 is 0 Å². The van der Waals surface area contributed by atoms with Gasteiger partial charge < -0.3 is 14.2 Å². The van der Waals surface area contributed by atoms with Crippen LogP contribution in [0.4, 0.5) is 0 Å². The minimum atomic E-state index is -0.778. The number of ether oxygens (including phenoxy) is 3. The number of carbonyl (C=O) groups excluding carboxylic acids is 3. The van der Waals surface area contributed by atoms with E-state index >= 15 is 0 Å². The van der Waals surface area contributed by atoms with Crippen molar-refractivity contribution >= 4 is 17.9 Å². The largest absolute Gasteiger partial charge is 0.462 e. The Balaban J connectivity index is 4.11. The molecular weight excluding hydrogens is 997 g/mol. The Labute approximate surface area is 506 Å². The molecular formula is C75H140O6. The molecule has 0 aromatic rings. The second-order valence-corrected chi connectivity index (χ2v) is 24.8. The molecule has 0 aliphatic carbocycles. The van der Waals surface area contributed by atoms with Crippen molar-refractivity contribution in [1.29, 1.82) is 0 Å². The van der Waals surface area contributed by atoms with Gasteiger partial charge in [-0.05, 0) is 96.3 Å². The molecule has 0 aromatic heterocycles. The lowest BCUT2D eigenvalue weighted by Gasteiger charge is -2.18. The molecule has 0 rings (SSSR count). The number of unbranched alkanes of at least 4 members (excludes halogenated alkanes) is 51. The molecule has 0 spiro atoms. The second-order valence-electron chi connectivity index (χ2n) is 24.8. The van der Waals surface area contributed by atoms with E-state index in [2.05, 4.69) is 57.2 Å². The van der Waals surface area contributed by atoms with Crippen molar-refractivity contribution in [3.63, 3.8) is 0 Å². The van der Waals surface area contributed by atoms with E-state index in [9.17, 15) is 14.4 Å². The quantitative estimate of drug-likeness (QED) is 0.0261. The lowest BCUT2D eigenvalue weighted by atomic mass is 10.0. The maximum Gasteiger partial charge on any atom is 0.306 e. The van der Waals surface area contributed by atoms with Crippen molar-refractivity contribution < 1.29 is 28.6 Å². The van der Waals surface area contributed by atoms with Crippen molar-refractivity contribution in [3.8, 4) is 0 Å². The summed E-state index contributed by atoms with van der Waals surface area (Å²) in [4.78, 5) is 38.4. The van der Waals surface area contributed by atoms with Crippen LogP contribution in [-0.2, 0) is 28.6 Å². The number of carbonyl (C=O) groups is 3. The zero-order chi connectivity index (χ0) is 58.5. The summed E-state index contributed by atoms with van der Waals surface area (Å²) >= 11 is 0. The molecule has 1 unspecified atom stereocenters.